The number of hydrogen-bond donors (Lipinski definition) is 1. The van der Waals surface area contributed by atoms with Gasteiger partial charge in [0.2, 0.25) is 0 Å². The van der Waals surface area contributed by atoms with Crippen LogP contribution in [0.15, 0.2) is 0 Å². The Morgan fingerprint density at radius 2 is 1.62 bits per heavy atom. The third kappa shape index (κ3) is 2.59. The largest absolute Gasteiger partial charge is 0.327 e. The van der Waals surface area contributed by atoms with E-state index in [0.717, 1.165) is 6.42 Å². The Morgan fingerprint density at radius 3 is 1.94 bits per heavy atom. The Labute approximate surface area is 99.7 Å². The standard InChI is InChI=1S/C12H25NO2S/c1-11(2)10(12(11,3)4)9(13)7-6-8-16(5,14)15/h9-10H,6-8,13H2,1-5H3. The van der Waals surface area contributed by atoms with Crippen molar-refractivity contribution in [1.29, 1.82) is 0 Å². The van der Waals surface area contributed by atoms with Crippen LogP contribution in [0.1, 0.15) is 40.5 Å². The summed E-state index contributed by atoms with van der Waals surface area (Å²) in [6.45, 7) is 8.98. The summed E-state index contributed by atoms with van der Waals surface area (Å²) < 4.78 is 22.0. The maximum atomic E-state index is 11.0. The highest BCUT2D eigenvalue weighted by atomic mass is 32.2. The van der Waals surface area contributed by atoms with E-state index in [4.69, 9.17) is 5.73 Å². The third-order valence-electron chi connectivity index (χ3n) is 4.61. The van der Waals surface area contributed by atoms with E-state index in [-0.39, 0.29) is 22.6 Å². The molecule has 1 aliphatic rings. The van der Waals surface area contributed by atoms with Gasteiger partial charge in [0.25, 0.3) is 0 Å². The summed E-state index contributed by atoms with van der Waals surface area (Å²) in [5.41, 5.74) is 6.74. The average Bonchev–Trinajstić information content (AvgIpc) is 2.39. The summed E-state index contributed by atoms with van der Waals surface area (Å²) in [6.07, 6.45) is 2.77. The molecule has 0 aromatic heterocycles. The SMILES string of the molecule is CC1(C)C(C(N)CCCS(C)(=O)=O)C1(C)C. The number of hydrogen-bond acceptors (Lipinski definition) is 3. The lowest BCUT2D eigenvalue weighted by atomic mass is 10.0. The first kappa shape index (κ1) is 14.0. The Kier molecular flexibility index (Phi) is 3.48. The highest BCUT2D eigenvalue weighted by Gasteiger charge is 2.66. The lowest BCUT2D eigenvalue weighted by Gasteiger charge is -2.13. The van der Waals surface area contributed by atoms with E-state index in [1.165, 1.54) is 6.26 Å². The van der Waals surface area contributed by atoms with Gasteiger partial charge in [-0.05, 0) is 29.6 Å². The maximum absolute atomic E-state index is 11.0. The molecule has 0 aromatic carbocycles. The van der Waals surface area contributed by atoms with Crippen LogP contribution in [-0.4, -0.2) is 26.5 Å². The van der Waals surface area contributed by atoms with Gasteiger partial charge >= 0.3 is 0 Å². The van der Waals surface area contributed by atoms with Crippen LogP contribution in [0.2, 0.25) is 0 Å². The molecule has 3 nitrogen and oxygen atoms in total. The quantitative estimate of drug-likeness (QED) is 0.806. The number of sulfone groups is 1. The fourth-order valence-corrected chi connectivity index (χ4v) is 3.76. The van der Waals surface area contributed by atoms with E-state index in [1.54, 1.807) is 0 Å². The minimum absolute atomic E-state index is 0.131. The molecule has 0 spiro atoms. The van der Waals surface area contributed by atoms with Crippen molar-refractivity contribution >= 4 is 9.84 Å². The zero-order chi connectivity index (χ0) is 12.8. The fourth-order valence-electron chi connectivity index (χ4n) is 3.07. The topological polar surface area (TPSA) is 60.2 Å². The molecule has 0 amide bonds. The molecular weight excluding hydrogens is 222 g/mol. The van der Waals surface area contributed by atoms with Crippen molar-refractivity contribution in [2.75, 3.05) is 12.0 Å². The van der Waals surface area contributed by atoms with Gasteiger partial charge in [-0.15, -0.1) is 0 Å². The monoisotopic (exact) mass is 247 g/mol. The average molecular weight is 247 g/mol. The Balaban J connectivity index is 2.42. The highest BCUT2D eigenvalue weighted by molar-refractivity contribution is 7.90. The molecular formula is C12H25NO2S. The molecule has 96 valence electrons. The molecule has 0 radical (unpaired) electrons. The minimum Gasteiger partial charge on any atom is -0.327 e. The van der Waals surface area contributed by atoms with Crippen LogP contribution in [0.3, 0.4) is 0 Å². The molecule has 0 aromatic rings. The molecule has 0 bridgehead atoms. The van der Waals surface area contributed by atoms with Crippen LogP contribution >= 0.6 is 0 Å². The molecule has 0 saturated heterocycles. The van der Waals surface area contributed by atoms with E-state index in [0.29, 0.717) is 12.3 Å². The van der Waals surface area contributed by atoms with Gasteiger partial charge in [-0.25, -0.2) is 8.42 Å². The van der Waals surface area contributed by atoms with E-state index < -0.39 is 9.84 Å². The van der Waals surface area contributed by atoms with Crippen molar-refractivity contribution in [1.82, 2.24) is 0 Å². The normalized spacial score (nSPS) is 25.4. The summed E-state index contributed by atoms with van der Waals surface area (Å²) >= 11 is 0. The summed E-state index contributed by atoms with van der Waals surface area (Å²) in [5, 5.41) is 0. The molecule has 1 atom stereocenters. The second kappa shape index (κ2) is 3.98. The summed E-state index contributed by atoms with van der Waals surface area (Å²) in [6, 6.07) is 0.131. The van der Waals surface area contributed by atoms with Crippen molar-refractivity contribution in [3.05, 3.63) is 0 Å². The molecule has 4 heteroatoms. The number of nitrogens with two attached hydrogens (primary N) is 1. The first-order chi connectivity index (χ1) is 7.00. The van der Waals surface area contributed by atoms with Gasteiger partial charge in [0, 0.05) is 18.1 Å². The second-order valence-electron chi connectivity index (χ2n) is 6.36. The third-order valence-corrected chi connectivity index (χ3v) is 5.64. The smallest absolute Gasteiger partial charge is 0.147 e. The minimum atomic E-state index is -2.84. The lowest BCUT2D eigenvalue weighted by molar-refractivity contribution is 0.453. The van der Waals surface area contributed by atoms with Crippen molar-refractivity contribution in [3.63, 3.8) is 0 Å². The molecule has 0 heterocycles. The molecule has 1 unspecified atom stereocenters. The van der Waals surface area contributed by atoms with E-state index in [2.05, 4.69) is 27.7 Å². The van der Waals surface area contributed by atoms with Crippen molar-refractivity contribution in [2.24, 2.45) is 22.5 Å². The zero-order valence-electron chi connectivity index (χ0n) is 11.1. The predicted molar refractivity (Wildman–Crippen MR) is 68.0 cm³/mol. The molecule has 0 aliphatic heterocycles. The van der Waals surface area contributed by atoms with Gasteiger partial charge in [-0.1, -0.05) is 27.7 Å². The van der Waals surface area contributed by atoms with E-state index in [1.807, 2.05) is 0 Å². The van der Waals surface area contributed by atoms with E-state index in [9.17, 15) is 8.42 Å². The van der Waals surface area contributed by atoms with Crippen molar-refractivity contribution < 1.29 is 8.42 Å². The highest BCUT2D eigenvalue weighted by Crippen LogP contribution is 2.69. The number of rotatable bonds is 5. The molecule has 1 saturated carbocycles. The molecule has 1 rings (SSSR count). The van der Waals surface area contributed by atoms with Crippen LogP contribution in [0.25, 0.3) is 0 Å². The van der Waals surface area contributed by atoms with Gasteiger partial charge in [0.15, 0.2) is 0 Å². The predicted octanol–water partition coefficient (Wildman–Crippen LogP) is 1.82. The van der Waals surface area contributed by atoms with Crippen LogP contribution in [0, 0.1) is 16.7 Å². The van der Waals surface area contributed by atoms with Crippen molar-refractivity contribution in [3.8, 4) is 0 Å². The second-order valence-corrected chi connectivity index (χ2v) is 8.62. The van der Waals surface area contributed by atoms with Crippen LogP contribution in [0.4, 0.5) is 0 Å². The van der Waals surface area contributed by atoms with E-state index >= 15 is 0 Å². The Hall–Kier alpha value is -0.0900. The summed E-state index contributed by atoms with van der Waals surface area (Å²) in [4.78, 5) is 0. The van der Waals surface area contributed by atoms with Crippen molar-refractivity contribution in [2.45, 2.75) is 46.6 Å². The van der Waals surface area contributed by atoms with Gasteiger partial charge < -0.3 is 5.73 Å². The van der Waals surface area contributed by atoms with Crippen LogP contribution in [0.5, 0.6) is 0 Å². The Morgan fingerprint density at radius 1 is 1.19 bits per heavy atom. The van der Waals surface area contributed by atoms with Crippen LogP contribution in [-0.2, 0) is 9.84 Å². The molecule has 1 aliphatic carbocycles. The lowest BCUT2D eigenvalue weighted by Crippen LogP contribution is -2.26. The summed E-state index contributed by atoms with van der Waals surface area (Å²) in [7, 11) is -2.84. The zero-order valence-corrected chi connectivity index (χ0v) is 11.9. The maximum Gasteiger partial charge on any atom is 0.147 e. The fraction of sp³-hybridized carbons (Fsp3) is 1.00. The molecule has 16 heavy (non-hydrogen) atoms. The molecule has 2 N–H and O–H groups in total. The van der Waals surface area contributed by atoms with Gasteiger partial charge in [0.1, 0.15) is 9.84 Å². The summed E-state index contributed by atoms with van der Waals surface area (Å²) in [5.74, 6) is 0.772. The van der Waals surface area contributed by atoms with Gasteiger partial charge in [-0.2, -0.15) is 0 Å². The Bertz CT molecular complexity index is 343. The van der Waals surface area contributed by atoms with Gasteiger partial charge in [-0.3, -0.25) is 0 Å². The first-order valence-corrected chi connectivity index (χ1v) is 7.99. The van der Waals surface area contributed by atoms with Gasteiger partial charge in [0.05, 0.1) is 0 Å². The molecule has 1 fully saturated rings. The first-order valence-electron chi connectivity index (χ1n) is 5.93. The van der Waals surface area contributed by atoms with Crippen LogP contribution < -0.4 is 5.73 Å².